The molecule has 130 valence electrons. The van der Waals surface area contributed by atoms with Gasteiger partial charge in [-0.3, -0.25) is 5.10 Å². The molecule has 0 radical (unpaired) electrons. The van der Waals surface area contributed by atoms with E-state index in [2.05, 4.69) is 20.2 Å². The number of hydrogen-bond acceptors (Lipinski definition) is 5. The van der Waals surface area contributed by atoms with Crippen LogP contribution in [0.5, 0.6) is 6.01 Å². The molecule has 1 aliphatic carbocycles. The minimum Gasteiger partial charge on any atom is -0.389 e. The van der Waals surface area contributed by atoms with Crippen LogP contribution in [0.2, 0.25) is 5.02 Å². The Hall–Kier alpha value is -2.70. The average molecular weight is 387 g/mol. The second-order valence-electron chi connectivity index (χ2n) is 5.74. The Morgan fingerprint density at radius 3 is 2.96 bits per heavy atom. The quantitative estimate of drug-likeness (QED) is 0.541. The lowest BCUT2D eigenvalue weighted by Crippen LogP contribution is -2.35. The van der Waals surface area contributed by atoms with Crippen LogP contribution >= 0.6 is 23.2 Å². The third-order valence-corrected chi connectivity index (χ3v) is 4.59. The van der Waals surface area contributed by atoms with E-state index in [1.54, 1.807) is 30.4 Å². The van der Waals surface area contributed by atoms with Crippen molar-refractivity contribution in [3.63, 3.8) is 0 Å². The molecule has 0 bridgehead atoms. The summed E-state index contributed by atoms with van der Waals surface area (Å²) >= 11 is 12.4. The lowest BCUT2D eigenvalue weighted by atomic mass is 10.0. The number of halogens is 2. The molecule has 1 atom stereocenters. The van der Waals surface area contributed by atoms with Crippen LogP contribution in [0.3, 0.4) is 0 Å². The zero-order valence-corrected chi connectivity index (χ0v) is 14.8. The zero-order valence-electron chi connectivity index (χ0n) is 13.3. The SMILES string of the molecule is O=C(Oc1ncc2[nH]nc(-c3cccc(Cl)c3)c2n1)C1(Cl)C=CC=CC1. The molecule has 0 saturated heterocycles. The molecule has 2 heterocycles. The predicted molar refractivity (Wildman–Crippen MR) is 99.2 cm³/mol. The smallest absolute Gasteiger partial charge is 0.339 e. The molecule has 1 aliphatic rings. The summed E-state index contributed by atoms with van der Waals surface area (Å²) in [4.78, 5) is 19.5. The number of fused-ring (bicyclic) bond motifs is 1. The van der Waals surface area contributed by atoms with Gasteiger partial charge in [-0.05, 0) is 18.6 Å². The monoisotopic (exact) mass is 386 g/mol. The number of hydrogen-bond donors (Lipinski definition) is 1. The van der Waals surface area contributed by atoms with E-state index in [9.17, 15) is 4.79 Å². The van der Waals surface area contributed by atoms with Crippen LogP contribution in [0.4, 0.5) is 0 Å². The summed E-state index contributed by atoms with van der Waals surface area (Å²) in [6.07, 6.45) is 8.75. The van der Waals surface area contributed by atoms with Gasteiger partial charge in [-0.25, -0.2) is 9.78 Å². The number of nitrogens with one attached hydrogen (secondary N) is 1. The van der Waals surface area contributed by atoms with Crippen molar-refractivity contribution < 1.29 is 9.53 Å². The Labute approximate surface area is 158 Å². The van der Waals surface area contributed by atoms with Gasteiger partial charge in [0.25, 0.3) is 0 Å². The van der Waals surface area contributed by atoms with Gasteiger partial charge in [0, 0.05) is 10.6 Å². The van der Waals surface area contributed by atoms with E-state index in [1.807, 2.05) is 18.2 Å². The summed E-state index contributed by atoms with van der Waals surface area (Å²) < 4.78 is 5.30. The molecule has 0 aliphatic heterocycles. The molecule has 1 N–H and O–H groups in total. The number of carbonyl (C=O) groups excluding carboxylic acids is 1. The largest absolute Gasteiger partial charge is 0.389 e. The molecule has 4 rings (SSSR count). The highest BCUT2D eigenvalue weighted by molar-refractivity contribution is 6.36. The van der Waals surface area contributed by atoms with Crippen LogP contribution in [-0.4, -0.2) is 31.0 Å². The first-order valence-electron chi connectivity index (χ1n) is 7.78. The summed E-state index contributed by atoms with van der Waals surface area (Å²) in [5.74, 6) is -0.632. The highest BCUT2D eigenvalue weighted by Crippen LogP contribution is 2.29. The first kappa shape index (κ1) is 16.8. The van der Waals surface area contributed by atoms with Crippen LogP contribution in [0.25, 0.3) is 22.3 Å². The van der Waals surface area contributed by atoms with Crippen molar-refractivity contribution in [3.8, 4) is 17.3 Å². The van der Waals surface area contributed by atoms with E-state index in [4.69, 9.17) is 27.9 Å². The van der Waals surface area contributed by atoms with Crippen molar-refractivity contribution in [3.05, 3.63) is 59.8 Å². The fourth-order valence-electron chi connectivity index (χ4n) is 2.60. The number of ether oxygens (including phenoxy) is 1. The predicted octanol–water partition coefficient (Wildman–Crippen LogP) is 4.07. The number of allylic oxidation sites excluding steroid dienone is 3. The van der Waals surface area contributed by atoms with Gasteiger partial charge in [-0.1, -0.05) is 48.0 Å². The Bertz CT molecular complexity index is 1060. The lowest BCUT2D eigenvalue weighted by molar-refractivity contribution is -0.136. The molecule has 1 unspecified atom stereocenters. The number of nitrogens with zero attached hydrogens (tertiary/aromatic N) is 3. The molecule has 0 fully saturated rings. The fraction of sp³-hybridized carbons (Fsp3) is 0.111. The van der Waals surface area contributed by atoms with Crippen LogP contribution in [0.15, 0.2) is 54.8 Å². The maximum Gasteiger partial charge on any atom is 0.339 e. The molecule has 0 spiro atoms. The van der Waals surface area contributed by atoms with Gasteiger partial charge in [-0.2, -0.15) is 10.1 Å². The number of aromatic nitrogens is 4. The van der Waals surface area contributed by atoms with E-state index in [1.165, 1.54) is 6.20 Å². The van der Waals surface area contributed by atoms with E-state index in [0.29, 0.717) is 28.2 Å². The maximum absolute atomic E-state index is 12.4. The summed E-state index contributed by atoms with van der Waals surface area (Å²) in [5, 5.41) is 7.69. The number of H-pyrrole nitrogens is 1. The number of rotatable bonds is 3. The van der Waals surface area contributed by atoms with E-state index in [0.717, 1.165) is 5.56 Å². The van der Waals surface area contributed by atoms with Gasteiger partial charge in [-0.15, -0.1) is 11.6 Å². The zero-order chi connectivity index (χ0) is 18.1. The van der Waals surface area contributed by atoms with Crippen molar-refractivity contribution in [2.75, 3.05) is 0 Å². The van der Waals surface area contributed by atoms with Crippen molar-refractivity contribution in [2.45, 2.75) is 11.3 Å². The van der Waals surface area contributed by atoms with Gasteiger partial charge in [0.2, 0.25) is 0 Å². The van der Waals surface area contributed by atoms with Crippen LogP contribution < -0.4 is 4.74 Å². The molecular weight excluding hydrogens is 375 g/mol. The summed E-state index contributed by atoms with van der Waals surface area (Å²) in [7, 11) is 0. The van der Waals surface area contributed by atoms with Gasteiger partial charge in [0.05, 0.1) is 6.20 Å². The molecule has 2 aromatic heterocycles. The van der Waals surface area contributed by atoms with E-state index < -0.39 is 10.8 Å². The topological polar surface area (TPSA) is 80.8 Å². The highest BCUT2D eigenvalue weighted by Gasteiger charge is 2.36. The fourth-order valence-corrected chi connectivity index (χ4v) is 2.99. The molecule has 0 amide bonds. The molecule has 3 aromatic rings. The van der Waals surface area contributed by atoms with E-state index in [-0.39, 0.29) is 6.01 Å². The van der Waals surface area contributed by atoms with Crippen molar-refractivity contribution in [2.24, 2.45) is 0 Å². The van der Waals surface area contributed by atoms with Gasteiger partial charge < -0.3 is 4.74 Å². The average Bonchev–Trinajstić information content (AvgIpc) is 3.05. The number of benzene rings is 1. The lowest BCUT2D eigenvalue weighted by Gasteiger charge is -2.20. The molecular formula is C18H12Cl2N4O2. The third kappa shape index (κ3) is 3.09. The van der Waals surface area contributed by atoms with Crippen molar-refractivity contribution >= 4 is 40.2 Å². The Morgan fingerprint density at radius 2 is 2.19 bits per heavy atom. The minimum atomic E-state index is -1.25. The summed E-state index contributed by atoms with van der Waals surface area (Å²) in [5.41, 5.74) is 2.51. The number of aromatic amines is 1. The second-order valence-corrected chi connectivity index (χ2v) is 6.85. The second kappa shape index (κ2) is 6.55. The Kier molecular flexibility index (Phi) is 4.22. The number of carbonyl (C=O) groups is 1. The molecule has 8 heteroatoms. The van der Waals surface area contributed by atoms with Gasteiger partial charge in [0.1, 0.15) is 16.7 Å². The van der Waals surface area contributed by atoms with Crippen LogP contribution in [0.1, 0.15) is 6.42 Å². The van der Waals surface area contributed by atoms with Crippen molar-refractivity contribution in [1.82, 2.24) is 20.2 Å². The first-order chi connectivity index (χ1) is 12.5. The highest BCUT2D eigenvalue weighted by atomic mass is 35.5. The van der Waals surface area contributed by atoms with Crippen molar-refractivity contribution in [1.29, 1.82) is 0 Å². The molecule has 1 aromatic carbocycles. The third-order valence-electron chi connectivity index (χ3n) is 3.92. The van der Waals surface area contributed by atoms with E-state index >= 15 is 0 Å². The Morgan fingerprint density at radius 1 is 1.31 bits per heavy atom. The van der Waals surface area contributed by atoms with Crippen LogP contribution in [0, 0.1) is 0 Å². The van der Waals surface area contributed by atoms with Gasteiger partial charge in [0.15, 0.2) is 4.87 Å². The summed E-state index contributed by atoms with van der Waals surface area (Å²) in [6, 6.07) is 7.14. The molecule has 6 nitrogen and oxygen atoms in total. The first-order valence-corrected chi connectivity index (χ1v) is 8.53. The van der Waals surface area contributed by atoms with Crippen LogP contribution in [-0.2, 0) is 4.79 Å². The molecule has 26 heavy (non-hydrogen) atoms. The minimum absolute atomic E-state index is 0.0878. The normalized spacial score (nSPS) is 19.0. The maximum atomic E-state index is 12.4. The Balaban J connectivity index is 1.67. The van der Waals surface area contributed by atoms with Gasteiger partial charge >= 0.3 is 12.0 Å². The number of esters is 1. The standard InChI is InChI=1S/C18H12Cl2N4O2/c19-12-6-4-5-11(9-12)14-15-13(23-24-14)10-21-17(22-15)26-16(25)18(20)7-2-1-3-8-18/h1-7,9-10H,8H2,(H,23,24). The number of alkyl halides is 1. The summed E-state index contributed by atoms with van der Waals surface area (Å²) in [6.45, 7) is 0. The molecule has 0 saturated carbocycles.